The molecule has 1 N–H and O–H groups in total. The van der Waals surface area contributed by atoms with Gasteiger partial charge in [-0.05, 0) is 66.9 Å². The lowest BCUT2D eigenvalue weighted by atomic mass is 10.0. The van der Waals surface area contributed by atoms with Crippen LogP contribution in [0.3, 0.4) is 0 Å². The van der Waals surface area contributed by atoms with Crippen molar-refractivity contribution in [1.82, 2.24) is 9.62 Å². The largest absolute Gasteiger partial charge is 0.490 e. The molecule has 9 heteroatoms. The van der Waals surface area contributed by atoms with E-state index in [1.807, 2.05) is 23.1 Å². The van der Waals surface area contributed by atoms with E-state index in [4.69, 9.17) is 13.9 Å². The first-order valence-corrected chi connectivity index (χ1v) is 12.8. The second-order valence-electron chi connectivity index (χ2n) is 8.34. The Balaban J connectivity index is 1.30. The van der Waals surface area contributed by atoms with Crippen molar-refractivity contribution in [2.75, 3.05) is 19.8 Å². The van der Waals surface area contributed by atoms with Gasteiger partial charge in [0.15, 0.2) is 11.5 Å². The van der Waals surface area contributed by atoms with Gasteiger partial charge in [0.1, 0.15) is 5.76 Å². The topological polar surface area (TPSA) is 98.1 Å². The van der Waals surface area contributed by atoms with Gasteiger partial charge in [-0.3, -0.25) is 4.79 Å². The Hall–Kier alpha value is -3.30. The van der Waals surface area contributed by atoms with Gasteiger partial charge in [-0.15, -0.1) is 0 Å². The van der Waals surface area contributed by atoms with Crippen LogP contribution < -0.4 is 14.2 Å². The molecule has 3 aromatic rings. The molecular formula is C25H26N2O6S. The fourth-order valence-electron chi connectivity index (χ4n) is 4.35. The number of carbonyl (C=O) groups excluding carboxylic acids is 1. The number of rotatable bonds is 6. The molecule has 178 valence electrons. The van der Waals surface area contributed by atoms with Crippen LogP contribution in [0.1, 0.15) is 47.0 Å². The van der Waals surface area contributed by atoms with Crippen LogP contribution in [0.4, 0.5) is 0 Å². The SMILES string of the molecule is O=C(c1ccc(S(=O)(=O)NCc2ccco2)cc1)N1CCCC1c1ccc2c(c1)OCCCO2. The molecule has 1 amide bonds. The van der Waals surface area contributed by atoms with Gasteiger partial charge in [-0.1, -0.05) is 6.07 Å². The van der Waals surface area contributed by atoms with Crippen LogP contribution in [0.15, 0.2) is 70.2 Å². The second kappa shape index (κ2) is 9.52. The van der Waals surface area contributed by atoms with E-state index in [0.717, 1.165) is 30.6 Å². The smallest absolute Gasteiger partial charge is 0.254 e. The normalized spacial score (nSPS) is 18.0. The molecule has 1 atom stereocenters. The predicted molar refractivity (Wildman–Crippen MR) is 124 cm³/mol. The standard InChI is InChI=1S/C25H26N2O6S/c28-25(18-6-9-21(10-7-18)34(29,30)26-17-20-4-2-13-31-20)27-12-1-5-22(27)19-8-11-23-24(16-19)33-15-3-14-32-23/h2,4,6-11,13,16,22,26H,1,3,5,12,14-15,17H2. The van der Waals surface area contributed by atoms with Gasteiger partial charge in [-0.2, -0.15) is 0 Å². The number of sulfonamides is 1. The lowest BCUT2D eigenvalue weighted by molar-refractivity contribution is 0.0735. The van der Waals surface area contributed by atoms with E-state index in [9.17, 15) is 13.2 Å². The summed E-state index contributed by atoms with van der Waals surface area (Å²) >= 11 is 0. The quantitative estimate of drug-likeness (QED) is 0.572. The summed E-state index contributed by atoms with van der Waals surface area (Å²) in [6.07, 6.45) is 4.08. The van der Waals surface area contributed by atoms with Gasteiger partial charge < -0.3 is 18.8 Å². The lowest BCUT2D eigenvalue weighted by Gasteiger charge is -2.26. The Morgan fingerprint density at radius 3 is 2.56 bits per heavy atom. The van der Waals surface area contributed by atoms with Crippen LogP contribution >= 0.6 is 0 Å². The van der Waals surface area contributed by atoms with Crippen molar-refractivity contribution < 1.29 is 27.1 Å². The number of benzene rings is 2. The zero-order valence-electron chi connectivity index (χ0n) is 18.6. The number of hydrogen-bond donors (Lipinski definition) is 1. The van der Waals surface area contributed by atoms with Gasteiger partial charge in [0, 0.05) is 18.5 Å². The number of ether oxygens (including phenoxy) is 2. The molecular weight excluding hydrogens is 456 g/mol. The first-order chi connectivity index (χ1) is 16.5. The van der Waals surface area contributed by atoms with Crippen molar-refractivity contribution >= 4 is 15.9 Å². The first-order valence-electron chi connectivity index (χ1n) is 11.3. The minimum atomic E-state index is -3.72. The molecule has 2 aromatic carbocycles. The maximum absolute atomic E-state index is 13.3. The molecule has 0 spiro atoms. The van der Waals surface area contributed by atoms with Gasteiger partial charge in [0.25, 0.3) is 5.91 Å². The van der Waals surface area contributed by atoms with E-state index in [1.165, 1.54) is 18.4 Å². The summed E-state index contributed by atoms with van der Waals surface area (Å²) in [5.41, 5.74) is 1.46. The highest BCUT2D eigenvalue weighted by molar-refractivity contribution is 7.89. The summed E-state index contributed by atoms with van der Waals surface area (Å²) in [4.78, 5) is 15.2. The summed E-state index contributed by atoms with van der Waals surface area (Å²) < 4.78 is 44.4. The van der Waals surface area contributed by atoms with Crippen molar-refractivity contribution in [3.05, 3.63) is 77.7 Å². The van der Waals surface area contributed by atoms with Crippen molar-refractivity contribution in [3.63, 3.8) is 0 Å². The molecule has 3 heterocycles. The highest BCUT2D eigenvalue weighted by Gasteiger charge is 2.31. The summed E-state index contributed by atoms with van der Waals surface area (Å²) in [7, 11) is -3.72. The average molecular weight is 483 g/mol. The predicted octanol–water partition coefficient (Wildman–Crippen LogP) is 3.90. The minimum Gasteiger partial charge on any atom is -0.490 e. The third-order valence-electron chi connectivity index (χ3n) is 6.10. The number of amides is 1. The Morgan fingerprint density at radius 2 is 1.79 bits per heavy atom. The molecule has 0 radical (unpaired) electrons. The van der Waals surface area contributed by atoms with Gasteiger partial charge in [-0.25, -0.2) is 13.1 Å². The molecule has 2 aliphatic rings. The second-order valence-corrected chi connectivity index (χ2v) is 10.1. The molecule has 0 aliphatic carbocycles. The van der Waals surface area contributed by atoms with Crippen LogP contribution in [-0.2, 0) is 16.6 Å². The zero-order chi connectivity index (χ0) is 23.5. The highest BCUT2D eigenvalue weighted by Crippen LogP contribution is 2.38. The molecule has 1 fully saturated rings. The van der Waals surface area contributed by atoms with Gasteiger partial charge in [0.05, 0.1) is 37.0 Å². The Kier molecular flexibility index (Phi) is 6.30. The molecule has 1 unspecified atom stereocenters. The number of nitrogens with one attached hydrogen (secondary N) is 1. The van der Waals surface area contributed by atoms with Crippen molar-refractivity contribution in [2.24, 2.45) is 0 Å². The number of carbonyl (C=O) groups is 1. The third-order valence-corrected chi connectivity index (χ3v) is 7.52. The molecule has 0 saturated carbocycles. The number of nitrogens with zero attached hydrogens (tertiary/aromatic N) is 1. The fourth-order valence-corrected chi connectivity index (χ4v) is 5.34. The summed E-state index contributed by atoms with van der Waals surface area (Å²) in [5.74, 6) is 1.84. The Bertz CT molecular complexity index is 1260. The Labute approximate surface area is 198 Å². The number of hydrogen-bond acceptors (Lipinski definition) is 6. The molecule has 8 nitrogen and oxygen atoms in total. The van der Waals surface area contributed by atoms with Gasteiger partial charge in [0.2, 0.25) is 10.0 Å². The third kappa shape index (κ3) is 4.67. The fraction of sp³-hybridized carbons (Fsp3) is 0.320. The van der Waals surface area contributed by atoms with Crippen LogP contribution in [0.5, 0.6) is 11.5 Å². The van der Waals surface area contributed by atoms with E-state index < -0.39 is 10.0 Å². The Morgan fingerprint density at radius 1 is 1.00 bits per heavy atom. The molecule has 0 bridgehead atoms. The summed E-state index contributed by atoms with van der Waals surface area (Å²) in [6, 6.07) is 15.2. The molecule has 2 aliphatic heterocycles. The van der Waals surface area contributed by atoms with Crippen molar-refractivity contribution in [1.29, 1.82) is 0 Å². The molecule has 5 rings (SSSR count). The van der Waals surface area contributed by atoms with E-state index in [2.05, 4.69) is 4.72 Å². The maximum Gasteiger partial charge on any atom is 0.254 e. The lowest BCUT2D eigenvalue weighted by Crippen LogP contribution is -2.30. The number of fused-ring (bicyclic) bond motifs is 1. The average Bonchev–Trinajstić information content (AvgIpc) is 3.50. The summed E-state index contributed by atoms with van der Waals surface area (Å²) in [5, 5.41) is 0. The minimum absolute atomic E-state index is 0.0566. The molecule has 34 heavy (non-hydrogen) atoms. The van der Waals surface area contributed by atoms with Crippen LogP contribution in [0, 0.1) is 0 Å². The first kappa shape index (κ1) is 22.5. The van der Waals surface area contributed by atoms with Crippen molar-refractivity contribution in [2.45, 2.75) is 36.7 Å². The number of furan rings is 1. The zero-order valence-corrected chi connectivity index (χ0v) is 19.4. The molecule has 1 aromatic heterocycles. The van der Waals surface area contributed by atoms with Crippen LogP contribution in [0.25, 0.3) is 0 Å². The van der Waals surface area contributed by atoms with Crippen LogP contribution in [0.2, 0.25) is 0 Å². The highest BCUT2D eigenvalue weighted by atomic mass is 32.2. The van der Waals surface area contributed by atoms with E-state index in [-0.39, 0.29) is 23.4 Å². The molecule has 1 saturated heterocycles. The monoisotopic (exact) mass is 482 g/mol. The maximum atomic E-state index is 13.3. The number of likely N-dealkylation sites (tertiary alicyclic amines) is 1. The van der Waals surface area contributed by atoms with Crippen LogP contribution in [-0.4, -0.2) is 39.0 Å². The van der Waals surface area contributed by atoms with E-state index in [0.29, 0.717) is 36.8 Å². The van der Waals surface area contributed by atoms with E-state index >= 15 is 0 Å². The summed E-state index contributed by atoms with van der Waals surface area (Å²) in [6.45, 7) is 1.93. The van der Waals surface area contributed by atoms with Crippen molar-refractivity contribution in [3.8, 4) is 11.5 Å². The van der Waals surface area contributed by atoms with Gasteiger partial charge >= 0.3 is 0 Å². The van der Waals surface area contributed by atoms with E-state index in [1.54, 1.807) is 24.3 Å².